The van der Waals surface area contributed by atoms with Crippen LogP contribution in [0.1, 0.15) is 44.2 Å². The monoisotopic (exact) mass is 238 g/mol. The Balaban J connectivity index is 1.92. The minimum atomic E-state index is 0.461. The number of rotatable bonds is 4. The highest BCUT2D eigenvalue weighted by atomic mass is 32.1. The molecule has 2 rings (SSSR count). The number of hydrogen-bond donors (Lipinski definition) is 2. The molecule has 3 heteroatoms. The third-order valence-electron chi connectivity index (χ3n) is 3.72. The first-order chi connectivity index (χ1) is 7.81. The first-order valence-corrected chi connectivity index (χ1v) is 7.23. The van der Waals surface area contributed by atoms with Crippen LogP contribution in [0.4, 0.5) is 0 Å². The van der Waals surface area contributed by atoms with E-state index in [-0.39, 0.29) is 0 Å². The summed E-state index contributed by atoms with van der Waals surface area (Å²) in [4.78, 5) is 0. The molecule has 90 valence electrons. The average Bonchev–Trinajstić information content (AvgIpc) is 2.83. The quantitative estimate of drug-likeness (QED) is 0.846. The molecule has 0 spiro atoms. The number of nitrogens with two attached hydrogens (primary N) is 1. The summed E-state index contributed by atoms with van der Waals surface area (Å²) in [5, 5.41) is 8.13. The third-order valence-corrected chi connectivity index (χ3v) is 4.42. The van der Waals surface area contributed by atoms with Crippen molar-refractivity contribution in [3.05, 3.63) is 22.4 Å². The van der Waals surface area contributed by atoms with Gasteiger partial charge in [-0.1, -0.05) is 12.8 Å². The predicted molar refractivity (Wildman–Crippen MR) is 70.7 cm³/mol. The lowest BCUT2D eigenvalue weighted by molar-refractivity contribution is 0.252. The molecule has 0 bridgehead atoms. The Morgan fingerprint density at radius 2 is 2.31 bits per heavy atom. The lowest BCUT2D eigenvalue weighted by Crippen LogP contribution is -2.42. The molecule has 16 heavy (non-hydrogen) atoms. The number of hydrogen-bond acceptors (Lipinski definition) is 3. The van der Waals surface area contributed by atoms with E-state index < -0.39 is 0 Å². The van der Waals surface area contributed by atoms with Crippen LogP contribution < -0.4 is 11.1 Å². The van der Waals surface area contributed by atoms with Crippen molar-refractivity contribution in [1.82, 2.24) is 5.32 Å². The highest BCUT2D eigenvalue weighted by molar-refractivity contribution is 7.07. The lowest BCUT2D eigenvalue weighted by Gasteiger charge is -2.33. The Kier molecular flexibility index (Phi) is 4.38. The van der Waals surface area contributed by atoms with Gasteiger partial charge < -0.3 is 11.1 Å². The minimum Gasteiger partial charge on any atom is -0.330 e. The summed E-state index contributed by atoms with van der Waals surface area (Å²) < 4.78 is 0. The van der Waals surface area contributed by atoms with Gasteiger partial charge in [-0.3, -0.25) is 0 Å². The third kappa shape index (κ3) is 2.84. The molecular weight excluding hydrogens is 216 g/mol. The zero-order valence-corrected chi connectivity index (χ0v) is 10.8. The molecule has 1 aromatic rings. The van der Waals surface area contributed by atoms with Crippen LogP contribution in [0.3, 0.4) is 0 Å². The first kappa shape index (κ1) is 12.1. The van der Waals surface area contributed by atoms with Crippen molar-refractivity contribution in [1.29, 1.82) is 0 Å². The standard InChI is InChI=1S/C13H22N2S/c1-10(12-6-7-16-9-12)15-13-5-3-2-4-11(13)8-14/h6-7,9-11,13,15H,2-5,8,14H2,1H3. The van der Waals surface area contributed by atoms with Gasteiger partial charge in [-0.15, -0.1) is 0 Å². The van der Waals surface area contributed by atoms with Gasteiger partial charge in [0.25, 0.3) is 0 Å². The highest BCUT2D eigenvalue weighted by Crippen LogP contribution is 2.26. The van der Waals surface area contributed by atoms with E-state index in [1.807, 2.05) is 0 Å². The molecule has 1 aliphatic carbocycles. The molecule has 3 unspecified atom stereocenters. The van der Waals surface area contributed by atoms with Gasteiger partial charge >= 0.3 is 0 Å². The fourth-order valence-electron chi connectivity index (χ4n) is 2.65. The molecule has 1 saturated carbocycles. The Bertz CT molecular complexity index is 297. The van der Waals surface area contributed by atoms with E-state index in [1.165, 1.54) is 31.2 Å². The molecule has 0 amide bonds. The molecule has 1 fully saturated rings. The van der Waals surface area contributed by atoms with Crippen LogP contribution in [0, 0.1) is 5.92 Å². The zero-order chi connectivity index (χ0) is 11.4. The molecule has 2 nitrogen and oxygen atoms in total. The molecule has 0 saturated heterocycles. The minimum absolute atomic E-state index is 0.461. The van der Waals surface area contributed by atoms with Crippen LogP contribution in [-0.4, -0.2) is 12.6 Å². The lowest BCUT2D eigenvalue weighted by atomic mass is 9.84. The zero-order valence-electron chi connectivity index (χ0n) is 9.99. The summed E-state index contributed by atoms with van der Waals surface area (Å²) in [5.41, 5.74) is 7.26. The van der Waals surface area contributed by atoms with Crippen LogP contribution in [0.5, 0.6) is 0 Å². The highest BCUT2D eigenvalue weighted by Gasteiger charge is 2.25. The van der Waals surface area contributed by atoms with E-state index in [4.69, 9.17) is 5.73 Å². The van der Waals surface area contributed by atoms with Gasteiger partial charge in [-0.2, -0.15) is 11.3 Å². The molecule has 0 aromatic carbocycles. The molecule has 1 aliphatic rings. The first-order valence-electron chi connectivity index (χ1n) is 6.29. The molecule has 0 radical (unpaired) electrons. The van der Waals surface area contributed by atoms with E-state index in [0.717, 1.165) is 6.54 Å². The predicted octanol–water partition coefficient (Wildman–Crippen LogP) is 2.92. The van der Waals surface area contributed by atoms with Gasteiger partial charge in [-0.25, -0.2) is 0 Å². The molecule has 0 aliphatic heterocycles. The smallest absolute Gasteiger partial charge is 0.0302 e. The summed E-state index contributed by atoms with van der Waals surface area (Å²) in [7, 11) is 0. The molecule has 3 N–H and O–H groups in total. The van der Waals surface area contributed by atoms with Gasteiger partial charge in [-0.05, 0) is 54.6 Å². The Morgan fingerprint density at radius 1 is 1.50 bits per heavy atom. The van der Waals surface area contributed by atoms with Crippen LogP contribution in [0.15, 0.2) is 16.8 Å². The topological polar surface area (TPSA) is 38.0 Å². The van der Waals surface area contributed by atoms with Crippen LogP contribution in [0.25, 0.3) is 0 Å². The van der Waals surface area contributed by atoms with E-state index in [1.54, 1.807) is 11.3 Å². The van der Waals surface area contributed by atoms with Crippen molar-refractivity contribution in [3.63, 3.8) is 0 Å². The van der Waals surface area contributed by atoms with Gasteiger partial charge in [0.2, 0.25) is 0 Å². The van der Waals surface area contributed by atoms with Crippen molar-refractivity contribution in [3.8, 4) is 0 Å². The maximum Gasteiger partial charge on any atom is 0.0302 e. The van der Waals surface area contributed by atoms with Gasteiger partial charge in [0.1, 0.15) is 0 Å². The summed E-state index contributed by atoms with van der Waals surface area (Å²) in [6, 6.07) is 3.29. The molecule has 1 heterocycles. The SMILES string of the molecule is CC(NC1CCCCC1CN)c1ccsc1. The van der Waals surface area contributed by atoms with Crippen molar-refractivity contribution < 1.29 is 0 Å². The Labute approximate surface area is 102 Å². The fourth-order valence-corrected chi connectivity index (χ4v) is 3.40. The fraction of sp³-hybridized carbons (Fsp3) is 0.692. The Hall–Kier alpha value is -0.380. The van der Waals surface area contributed by atoms with Crippen molar-refractivity contribution in [2.24, 2.45) is 11.7 Å². The van der Waals surface area contributed by atoms with E-state index in [2.05, 4.69) is 29.1 Å². The second-order valence-corrected chi connectivity index (χ2v) is 5.61. The summed E-state index contributed by atoms with van der Waals surface area (Å²) in [6.45, 7) is 3.08. The average molecular weight is 238 g/mol. The second kappa shape index (κ2) is 5.80. The normalized spacial score (nSPS) is 27.9. The maximum absolute atomic E-state index is 5.85. The van der Waals surface area contributed by atoms with Crippen LogP contribution in [-0.2, 0) is 0 Å². The molecular formula is C13H22N2S. The van der Waals surface area contributed by atoms with Crippen molar-refractivity contribution in [2.45, 2.75) is 44.7 Å². The summed E-state index contributed by atoms with van der Waals surface area (Å²) >= 11 is 1.77. The van der Waals surface area contributed by atoms with E-state index in [9.17, 15) is 0 Å². The maximum atomic E-state index is 5.85. The van der Waals surface area contributed by atoms with Crippen LogP contribution >= 0.6 is 11.3 Å². The molecule has 3 atom stereocenters. The van der Waals surface area contributed by atoms with Gasteiger partial charge in [0.15, 0.2) is 0 Å². The Morgan fingerprint density at radius 3 is 3.00 bits per heavy atom. The van der Waals surface area contributed by atoms with Gasteiger partial charge in [0.05, 0.1) is 0 Å². The molecule has 1 aromatic heterocycles. The number of thiophene rings is 1. The van der Waals surface area contributed by atoms with Gasteiger partial charge in [0, 0.05) is 12.1 Å². The van der Waals surface area contributed by atoms with Crippen molar-refractivity contribution >= 4 is 11.3 Å². The van der Waals surface area contributed by atoms with E-state index in [0.29, 0.717) is 18.0 Å². The van der Waals surface area contributed by atoms with Crippen molar-refractivity contribution in [2.75, 3.05) is 6.54 Å². The summed E-state index contributed by atoms with van der Waals surface area (Å²) in [6.07, 6.45) is 5.29. The number of nitrogens with one attached hydrogen (secondary N) is 1. The van der Waals surface area contributed by atoms with E-state index >= 15 is 0 Å². The largest absolute Gasteiger partial charge is 0.330 e. The summed E-state index contributed by atoms with van der Waals surface area (Å²) in [5.74, 6) is 0.676. The van der Waals surface area contributed by atoms with Crippen LogP contribution in [0.2, 0.25) is 0 Å². The second-order valence-electron chi connectivity index (χ2n) is 4.83.